The lowest BCUT2D eigenvalue weighted by Gasteiger charge is -2.16. The van der Waals surface area contributed by atoms with Crippen LogP contribution in [0.5, 0.6) is 0 Å². The molecule has 2 aromatic carbocycles. The Bertz CT molecular complexity index is 1750. The van der Waals surface area contributed by atoms with E-state index in [-0.39, 0.29) is 23.1 Å². The molecule has 38 heavy (non-hydrogen) atoms. The number of rotatable bonds is 6. The zero-order valence-corrected chi connectivity index (χ0v) is 21.7. The summed E-state index contributed by atoms with van der Waals surface area (Å²) in [5.41, 5.74) is 2.94. The van der Waals surface area contributed by atoms with Crippen LogP contribution >= 0.6 is 11.8 Å². The molecule has 0 bridgehead atoms. The summed E-state index contributed by atoms with van der Waals surface area (Å²) in [5.74, 6) is -0.512. The van der Waals surface area contributed by atoms with E-state index in [4.69, 9.17) is 10.4 Å². The minimum absolute atomic E-state index is 0.134. The van der Waals surface area contributed by atoms with E-state index in [0.29, 0.717) is 28.1 Å². The van der Waals surface area contributed by atoms with Crippen molar-refractivity contribution < 1.29 is 4.39 Å². The van der Waals surface area contributed by atoms with Gasteiger partial charge in [-0.2, -0.15) is 4.39 Å². The topological polar surface area (TPSA) is 88.1 Å². The molecule has 0 radical (unpaired) electrons. The van der Waals surface area contributed by atoms with Crippen LogP contribution in [0.3, 0.4) is 0 Å². The van der Waals surface area contributed by atoms with Crippen molar-refractivity contribution in [1.29, 1.82) is 5.41 Å². The second-order valence-corrected chi connectivity index (χ2v) is 10.7. The van der Waals surface area contributed by atoms with Crippen molar-refractivity contribution in [3.8, 4) is 11.3 Å². The Hall–Kier alpha value is -3.98. The van der Waals surface area contributed by atoms with Gasteiger partial charge >= 0.3 is 0 Å². The van der Waals surface area contributed by atoms with Crippen molar-refractivity contribution in [2.75, 3.05) is 0 Å². The first-order chi connectivity index (χ1) is 18.5. The molecule has 1 saturated carbocycles. The molecule has 0 saturated heterocycles. The largest absolute Gasteiger partial charge is 0.375 e. The van der Waals surface area contributed by atoms with Gasteiger partial charge in [0, 0.05) is 24.1 Å². The quantitative estimate of drug-likeness (QED) is 0.298. The number of benzene rings is 2. The van der Waals surface area contributed by atoms with Crippen LogP contribution in [-0.4, -0.2) is 20.2 Å². The van der Waals surface area contributed by atoms with E-state index in [2.05, 4.69) is 10.3 Å². The fraction of sp³-hybridized carbons (Fsp3) is 0.241. The van der Waals surface area contributed by atoms with Gasteiger partial charge in [0.1, 0.15) is 10.7 Å². The van der Waals surface area contributed by atoms with E-state index < -0.39 is 5.95 Å². The summed E-state index contributed by atoms with van der Waals surface area (Å²) < 4.78 is 17.1. The summed E-state index contributed by atoms with van der Waals surface area (Å²) in [7, 11) is 1.74. The van der Waals surface area contributed by atoms with E-state index in [9.17, 15) is 9.18 Å². The molecule has 1 aliphatic heterocycles. The Labute approximate surface area is 222 Å². The maximum Gasteiger partial charge on any atom is 0.266 e. The maximum atomic E-state index is 13.6. The Balaban J connectivity index is 1.40. The van der Waals surface area contributed by atoms with Gasteiger partial charge in [-0.15, -0.1) is 0 Å². The van der Waals surface area contributed by atoms with Gasteiger partial charge in [-0.25, -0.2) is 9.98 Å². The molecule has 2 unspecified atom stereocenters. The summed E-state index contributed by atoms with van der Waals surface area (Å²) in [4.78, 5) is 23.3. The molecule has 7 nitrogen and oxygen atoms in total. The normalized spacial score (nSPS) is 18.5. The third-order valence-corrected chi connectivity index (χ3v) is 8.24. The predicted molar refractivity (Wildman–Crippen MR) is 145 cm³/mol. The van der Waals surface area contributed by atoms with Crippen LogP contribution in [-0.2, 0) is 13.6 Å². The molecule has 2 N–H and O–H groups in total. The number of thioether (sulfide) groups is 1. The van der Waals surface area contributed by atoms with Crippen molar-refractivity contribution in [3.63, 3.8) is 0 Å². The Morgan fingerprint density at radius 1 is 1.08 bits per heavy atom. The van der Waals surface area contributed by atoms with Gasteiger partial charge in [0.2, 0.25) is 11.6 Å². The number of aromatic nitrogens is 3. The molecule has 2 aliphatic rings. The molecule has 192 valence electrons. The third-order valence-electron chi connectivity index (χ3n) is 7.18. The third kappa shape index (κ3) is 4.47. The van der Waals surface area contributed by atoms with Gasteiger partial charge in [-0.1, -0.05) is 60.3 Å². The zero-order chi connectivity index (χ0) is 26.2. The first-order valence-electron chi connectivity index (χ1n) is 12.7. The fourth-order valence-electron chi connectivity index (χ4n) is 5.26. The Kier molecular flexibility index (Phi) is 6.45. The molecule has 0 spiro atoms. The summed E-state index contributed by atoms with van der Waals surface area (Å²) in [5, 5.41) is 13.6. The number of nitrogens with one attached hydrogen (secondary N) is 2. The van der Waals surface area contributed by atoms with Crippen LogP contribution in [0.15, 0.2) is 87.5 Å². The van der Waals surface area contributed by atoms with E-state index in [0.717, 1.165) is 35.3 Å². The van der Waals surface area contributed by atoms with Crippen LogP contribution in [0.2, 0.25) is 0 Å². The zero-order valence-electron chi connectivity index (χ0n) is 20.9. The molecular weight excluding hydrogens is 499 g/mol. The molecule has 0 amide bonds. The molecule has 9 heteroatoms. The van der Waals surface area contributed by atoms with Crippen LogP contribution in [0.25, 0.3) is 16.3 Å². The van der Waals surface area contributed by atoms with Crippen LogP contribution < -0.4 is 27.2 Å². The summed E-state index contributed by atoms with van der Waals surface area (Å²) in [6.45, 7) is 0.451. The van der Waals surface area contributed by atoms with Crippen molar-refractivity contribution in [3.05, 3.63) is 111 Å². The second kappa shape index (κ2) is 10.1. The van der Waals surface area contributed by atoms with Crippen molar-refractivity contribution >= 4 is 16.8 Å². The van der Waals surface area contributed by atoms with E-state index in [1.165, 1.54) is 17.8 Å². The van der Waals surface area contributed by atoms with Gasteiger partial charge in [-0.05, 0) is 49.1 Å². The second-order valence-electron chi connectivity index (χ2n) is 9.59. The number of nitrogens with zero attached hydrogens (tertiary/aromatic N) is 4. The molecule has 2 atom stereocenters. The number of fused-ring (bicyclic) bond motifs is 3. The van der Waals surface area contributed by atoms with Gasteiger partial charge in [-0.3, -0.25) is 19.3 Å². The molecule has 6 rings (SSSR count). The smallest absolute Gasteiger partial charge is 0.266 e. The minimum Gasteiger partial charge on any atom is -0.375 e. The highest BCUT2D eigenvalue weighted by Crippen LogP contribution is 2.32. The van der Waals surface area contributed by atoms with Gasteiger partial charge < -0.3 is 5.32 Å². The lowest BCUT2D eigenvalue weighted by molar-refractivity contribution is 0.465. The standard InChI is InChI=1S/C29H27FN6OS/c1-35-28(37)25(26(31)36-23-11-5-10-22(23)34-29(35)36)27(38-20-7-3-2-4-8-20)32-17-18-13-15-19(16-14-18)21-9-6-12-24(30)33-21/h2-4,6-9,12-16,22-23,31-32H,5,10-11,17H2,1H3/b27-25-,31-26?. The lowest BCUT2D eigenvalue weighted by atomic mass is 10.1. The highest BCUT2D eigenvalue weighted by atomic mass is 32.2. The first-order valence-corrected chi connectivity index (χ1v) is 13.5. The highest BCUT2D eigenvalue weighted by Gasteiger charge is 2.35. The fourth-order valence-corrected chi connectivity index (χ4v) is 6.22. The molecule has 3 heterocycles. The summed E-state index contributed by atoms with van der Waals surface area (Å²) in [6, 6.07) is 22.6. The minimum atomic E-state index is -0.512. The van der Waals surface area contributed by atoms with Gasteiger partial charge in [0.05, 0.1) is 22.8 Å². The van der Waals surface area contributed by atoms with E-state index in [1.807, 2.05) is 59.2 Å². The maximum absolute atomic E-state index is 13.6. The Morgan fingerprint density at radius 2 is 1.87 bits per heavy atom. The number of halogens is 1. The predicted octanol–water partition coefficient (Wildman–Crippen LogP) is 3.24. The SMILES string of the molecule is Cn1c(=O)/c(=C(/NCc2ccc(-c3cccc(F)n3)cc2)Sc2ccccc2)c(=N)n2c1=NC1CCCC12. The van der Waals surface area contributed by atoms with Gasteiger partial charge in [0.15, 0.2) is 0 Å². The molecule has 2 aromatic heterocycles. The summed E-state index contributed by atoms with van der Waals surface area (Å²) in [6.07, 6.45) is 3.04. The average molecular weight is 527 g/mol. The number of pyridine rings is 1. The number of hydrogen-bond acceptors (Lipinski definition) is 6. The van der Waals surface area contributed by atoms with Gasteiger partial charge in [0.25, 0.3) is 5.56 Å². The summed E-state index contributed by atoms with van der Waals surface area (Å²) >= 11 is 1.45. The van der Waals surface area contributed by atoms with Crippen LogP contribution in [0.4, 0.5) is 4.39 Å². The average Bonchev–Trinajstić information content (AvgIpc) is 3.53. The molecular formula is C29H27FN6OS. The van der Waals surface area contributed by atoms with E-state index in [1.54, 1.807) is 23.7 Å². The first kappa shape index (κ1) is 24.4. The van der Waals surface area contributed by atoms with Crippen LogP contribution in [0.1, 0.15) is 30.9 Å². The van der Waals surface area contributed by atoms with Crippen molar-refractivity contribution in [2.45, 2.75) is 42.8 Å². The number of hydrogen-bond donors (Lipinski definition) is 2. The Morgan fingerprint density at radius 3 is 2.63 bits per heavy atom. The monoisotopic (exact) mass is 526 g/mol. The highest BCUT2D eigenvalue weighted by molar-refractivity contribution is 8.07. The van der Waals surface area contributed by atoms with Crippen molar-refractivity contribution in [2.24, 2.45) is 12.0 Å². The van der Waals surface area contributed by atoms with Crippen LogP contribution in [0, 0.1) is 11.4 Å². The van der Waals surface area contributed by atoms with E-state index >= 15 is 0 Å². The molecule has 1 fully saturated rings. The van der Waals surface area contributed by atoms with Crippen molar-refractivity contribution in [1.82, 2.24) is 19.4 Å². The molecule has 1 aliphatic carbocycles. The lowest BCUT2D eigenvalue weighted by Crippen LogP contribution is -2.58. The molecule has 4 aromatic rings.